The van der Waals surface area contributed by atoms with Gasteiger partial charge in [-0.3, -0.25) is 9.59 Å². The zero-order valence-corrected chi connectivity index (χ0v) is 8.08. The SMILES string of the molecule is CN(C(=O)C=O)c1cc(Cl)ccc1F. The van der Waals surface area contributed by atoms with Crippen LogP contribution in [0.2, 0.25) is 5.02 Å². The van der Waals surface area contributed by atoms with Crippen molar-refractivity contribution in [1.82, 2.24) is 0 Å². The first-order valence-corrected chi connectivity index (χ1v) is 4.12. The maximum Gasteiger partial charge on any atom is 0.290 e. The number of amides is 1. The second-order valence-corrected chi connectivity index (χ2v) is 3.05. The number of hydrogen-bond donors (Lipinski definition) is 0. The number of anilines is 1. The quantitative estimate of drug-likeness (QED) is 0.556. The molecule has 14 heavy (non-hydrogen) atoms. The minimum Gasteiger partial charge on any atom is -0.306 e. The molecular formula is C9H7ClFNO2. The van der Waals surface area contributed by atoms with Crippen molar-refractivity contribution in [1.29, 1.82) is 0 Å². The van der Waals surface area contributed by atoms with Crippen molar-refractivity contribution in [2.75, 3.05) is 11.9 Å². The Labute approximate surface area is 85.1 Å². The maximum absolute atomic E-state index is 13.1. The van der Waals surface area contributed by atoms with Gasteiger partial charge in [0, 0.05) is 12.1 Å². The van der Waals surface area contributed by atoms with Gasteiger partial charge in [0.2, 0.25) is 6.29 Å². The monoisotopic (exact) mass is 215 g/mol. The molecule has 0 radical (unpaired) electrons. The lowest BCUT2D eigenvalue weighted by molar-refractivity contribution is -0.129. The number of carbonyl (C=O) groups is 2. The fraction of sp³-hybridized carbons (Fsp3) is 0.111. The molecule has 0 aliphatic carbocycles. The van der Waals surface area contributed by atoms with Crippen molar-refractivity contribution < 1.29 is 14.0 Å². The molecule has 1 rings (SSSR count). The van der Waals surface area contributed by atoms with Crippen molar-refractivity contribution in [3.05, 3.63) is 29.0 Å². The zero-order chi connectivity index (χ0) is 10.7. The molecule has 0 saturated carbocycles. The van der Waals surface area contributed by atoms with Crippen LogP contribution in [0, 0.1) is 5.82 Å². The second kappa shape index (κ2) is 4.19. The molecule has 3 nitrogen and oxygen atoms in total. The summed E-state index contributed by atoms with van der Waals surface area (Å²) in [7, 11) is 1.30. The molecule has 5 heteroatoms. The molecule has 0 spiro atoms. The highest BCUT2D eigenvalue weighted by atomic mass is 35.5. The van der Waals surface area contributed by atoms with Crippen LogP contribution in [0.15, 0.2) is 18.2 Å². The fourth-order valence-corrected chi connectivity index (χ4v) is 1.11. The summed E-state index contributed by atoms with van der Waals surface area (Å²) >= 11 is 5.62. The summed E-state index contributed by atoms with van der Waals surface area (Å²) < 4.78 is 13.1. The van der Waals surface area contributed by atoms with Crippen molar-refractivity contribution in [3.63, 3.8) is 0 Å². The number of hydrogen-bond acceptors (Lipinski definition) is 2. The van der Waals surface area contributed by atoms with E-state index < -0.39 is 11.7 Å². The zero-order valence-electron chi connectivity index (χ0n) is 7.33. The number of halogens is 2. The number of nitrogens with zero attached hydrogens (tertiary/aromatic N) is 1. The molecule has 0 atom stereocenters. The summed E-state index contributed by atoms with van der Waals surface area (Å²) in [6.07, 6.45) is 0.111. The second-order valence-electron chi connectivity index (χ2n) is 2.61. The molecule has 0 saturated heterocycles. The van der Waals surface area contributed by atoms with E-state index in [1.807, 2.05) is 0 Å². The van der Waals surface area contributed by atoms with Crippen LogP contribution in [0.3, 0.4) is 0 Å². The summed E-state index contributed by atoms with van der Waals surface area (Å²) in [4.78, 5) is 22.0. The average Bonchev–Trinajstić information content (AvgIpc) is 2.19. The molecule has 0 bridgehead atoms. The Bertz CT molecular complexity index is 381. The smallest absolute Gasteiger partial charge is 0.290 e. The van der Waals surface area contributed by atoms with Gasteiger partial charge in [0.15, 0.2) is 0 Å². The highest BCUT2D eigenvalue weighted by Crippen LogP contribution is 2.22. The van der Waals surface area contributed by atoms with Crippen LogP contribution in [0.4, 0.5) is 10.1 Å². The molecule has 0 unspecified atom stereocenters. The molecular weight excluding hydrogens is 209 g/mol. The first kappa shape index (κ1) is 10.7. The Morgan fingerprint density at radius 3 is 2.79 bits per heavy atom. The van der Waals surface area contributed by atoms with Crippen molar-refractivity contribution in [2.24, 2.45) is 0 Å². The van der Waals surface area contributed by atoms with Crippen LogP contribution in [-0.2, 0) is 9.59 Å². The Hall–Kier alpha value is -1.42. The van der Waals surface area contributed by atoms with Gasteiger partial charge in [0.1, 0.15) is 5.82 Å². The van der Waals surface area contributed by atoms with Crippen LogP contribution in [0.1, 0.15) is 0 Å². The molecule has 0 heterocycles. The van der Waals surface area contributed by atoms with Gasteiger partial charge >= 0.3 is 0 Å². The minimum absolute atomic E-state index is 0.0189. The van der Waals surface area contributed by atoms with E-state index in [4.69, 9.17) is 11.6 Å². The van der Waals surface area contributed by atoms with Crippen molar-refractivity contribution >= 4 is 29.5 Å². The molecule has 0 aliphatic rings. The third-order valence-electron chi connectivity index (χ3n) is 1.70. The van der Waals surface area contributed by atoms with Gasteiger partial charge in [-0.25, -0.2) is 4.39 Å². The summed E-state index contributed by atoms with van der Waals surface area (Å²) in [6.45, 7) is 0. The number of benzene rings is 1. The third-order valence-corrected chi connectivity index (χ3v) is 1.94. The Morgan fingerprint density at radius 1 is 1.57 bits per heavy atom. The van der Waals surface area contributed by atoms with Crippen LogP contribution in [-0.4, -0.2) is 19.2 Å². The lowest BCUT2D eigenvalue weighted by Gasteiger charge is -2.14. The van der Waals surface area contributed by atoms with E-state index in [0.29, 0.717) is 5.02 Å². The first-order valence-electron chi connectivity index (χ1n) is 3.74. The molecule has 1 aromatic rings. The van der Waals surface area contributed by atoms with Crippen LogP contribution in [0.25, 0.3) is 0 Å². The summed E-state index contributed by atoms with van der Waals surface area (Å²) in [5, 5.41) is 0.298. The largest absolute Gasteiger partial charge is 0.306 e. The average molecular weight is 216 g/mol. The normalized spacial score (nSPS) is 9.64. The molecule has 0 aliphatic heterocycles. The van der Waals surface area contributed by atoms with E-state index in [2.05, 4.69) is 0 Å². The fourth-order valence-electron chi connectivity index (χ4n) is 0.941. The molecule has 0 N–H and O–H groups in total. The summed E-state index contributed by atoms with van der Waals surface area (Å²) in [5.74, 6) is -1.43. The van der Waals surface area contributed by atoms with E-state index in [0.717, 1.165) is 11.0 Å². The lowest BCUT2D eigenvalue weighted by atomic mass is 10.3. The van der Waals surface area contributed by atoms with Gasteiger partial charge in [0.05, 0.1) is 5.69 Å². The Balaban J connectivity index is 3.11. The summed E-state index contributed by atoms with van der Waals surface area (Å²) in [6, 6.07) is 3.77. The Kier molecular flexibility index (Phi) is 3.19. The number of carbonyl (C=O) groups excluding carboxylic acids is 2. The van der Waals surface area contributed by atoms with Gasteiger partial charge in [-0.15, -0.1) is 0 Å². The highest BCUT2D eigenvalue weighted by Gasteiger charge is 2.13. The third kappa shape index (κ3) is 2.09. The van der Waals surface area contributed by atoms with Gasteiger partial charge in [-0.2, -0.15) is 0 Å². The maximum atomic E-state index is 13.1. The lowest BCUT2D eigenvalue weighted by Crippen LogP contribution is -2.27. The number of rotatable bonds is 2. The summed E-state index contributed by atoms with van der Waals surface area (Å²) in [5.41, 5.74) is -0.0189. The van der Waals surface area contributed by atoms with E-state index in [-0.39, 0.29) is 12.0 Å². The van der Waals surface area contributed by atoms with E-state index in [9.17, 15) is 14.0 Å². The molecule has 74 valence electrons. The van der Waals surface area contributed by atoms with Gasteiger partial charge in [-0.05, 0) is 18.2 Å². The van der Waals surface area contributed by atoms with E-state index >= 15 is 0 Å². The molecule has 0 aromatic heterocycles. The predicted molar refractivity (Wildman–Crippen MR) is 50.9 cm³/mol. The predicted octanol–water partition coefficient (Wildman–Crippen LogP) is 1.64. The topological polar surface area (TPSA) is 37.4 Å². The van der Waals surface area contributed by atoms with Crippen molar-refractivity contribution in [2.45, 2.75) is 0 Å². The Morgan fingerprint density at radius 2 is 2.21 bits per heavy atom. The highest BCUT2D eigenvalue weighted by molar-refractivity contribution is 6.32. The van der Waals surface area contributed by atoms with Gasteiger partial charge in [0.25, 0.3) is 5.91 Å². The minimum atomic E-state index is -0.828. The van der Waals surface area contributed by atoms with Crippen molar-refractivity contribution in [3.8, 4) is 0 Å². The van der Waals surface area contributed by atoms with Gasteiger partial charge in [-0.1, -0.05) is 11.6 Å². The van der Waals surface area contributed by atoms with Crippen LogP contribution in [0.5, 0.6) is 0 Å². The number of aldehydes is 1. The molecule has 0 fully saturated rings. The first-order chi connectivity index (χ1) is 6.56. The van der Waals surface area contributed by atoms with E-state index in [1.165, 1.54) is 19.2 Å². The van der Waals surface area contributed by atoms with Crippen LogP contribution >= 0.6 is 11.6 Å². The molecule has 1 aromatic carbocycles. The van der Waals surface area contributed by atoms with E-state index in [1.54, 1.807) is 0 Å². The van der Waals surface area contributed by atoms with Gasteiger partial charge < -0.3 is 4.90 Å². The standard InChI is InChI=1S/C9H7ClFNO2/c1-12(9(14)5-13)8-4-6(10)2-3-7(8)11/h2-5H,1H3. The number of likely N-dealkylation sites (N-methyl/N-ethyl adjacent to an activating group) is 1. The molecule has 1 amide bonds. The van der Waals surface area contributed by atoms with Crippen LogP contribution < -0.4 is 4.90 Å².